The van der Waals surface area contributed by atoms with E-state index in [1.165, 1.54) is 12.8 Å². The molecule has 0 aliphatic rings. The van der Waals surface area contributed by atoms with Crippen molar-refractivity contribution in [3.63, 3.8) is 0 Å². The number of carbonyl (C=O) groups excluding carboxylic acids is 3. The highest BCUT2D eigenvalue weighted by Gasteiger charge is 2.19. The van der Waals surface area contributed by atoms with Gasteiger partial charge in [-0.3, -0.25) is 14.4 Å². The molecule has 0 aliphatic carbocycles. The summed E-state index contributed by atoms with van der Waals surface area (Å²) in [5, 5.41) is 0. The van der Waals surface area contributed by atoms with Gasteiger partial charge in [-0.2, -0.15) is 0 Å². The van der Waals surface area contributed by atoms with Crippen LogP contribution in [0.1, 0.15) is 188 Å². The third-order valence-corrected chi connectivity index (χ3v) is 10.5. The summed E-state index contributed by atoms with van der Waals surface area (Å²) in [6.07, 6.45) is 81.8. The molecule has 0 bridgehead atoms. The third-order valence-electron chi connectivity index (χ3n) is 10.5. The summed E-state index contributed by atoms with van der Waals surface area (Å²) in [5.41, 5.74) is 0. The van der Waals surface area contributed by atoms with Crippen LogP contribution in [0.3, 0.4) is 0 Å². The minimum absolute atomic E-state index is 0.121. The van der Waals surface area contributed by atoms with E-state index in [1.807, 2.05) is 85.1 Å². The van der Waals surface area contributed by atoms with Crippen molar-refractivity contribution in [2.75, 3.05) is 13.2 Å². The summed E-state index contributed by atoms with van der Waals surface area (Å²) < 4.78 is 16.8. The average molecular weight is 947 g/mol. The average Bonchev–Trinajstić information content (AvgIpc) is 3.35. The van der Waals surface area contributed by atoms with Crippen LogP contribution in [0.25, 0.3) is 0 Å². The smallest absolute Gasteiger partial charge is 0.306 e. The fourth-order valence-electron chi connectivity index (χ4n) is 6.53. The molecule has 6 nitrogen and oxygen atoms in total. The van der Waals surface area contributed by atoms with Crippen molar-refractivity contribution in [2.45, 2.75) is 194 Å². The molecule has 0 saturated heterocycles. The molecule has 0 N–H and O–H groups in total. The van der Waals surface area contributed by atoms with Gasteiger partial charge in [0.05, 0.1) is 0 Å². The van der Waals surface area contributed by atoms with Crippen molar-refractivity contribution in [1.29, 1.82) is 0 Å². The number of hydrogen-bond acceptors (Lipinski definition) is 6. The number of allylic oxidation sites excluding steroid dienone is 28. The largest absolute Gasteiger partial charge is 0.462 e. The number of carbonyl (C=O) groups is 3. The van der Waals surface area contributed by atoms with Crippen molar-refractivity contribution in [1.82, 2.24) is 0 Å². The lowest BCUT2D eigenvalue weighted by Gasteiger charge is -2.18. The Kier molecular flexibility index (Phi) is 51.2. The first kappa shape index (κ1) is 63.8. The quantitative estimate of drug-likeness (QED) is 0.0199. The Bertz CT molecular complexity index is 1650. The van der Waals surface area contributed by atoms with Gasteiger partial charge >= 0.3 is 17.9 Å². The van der Waals surface area contributed by atoms with Gasteiger partial charge < -0.3 is 14.2 Å². The molecule has 0 amide bonds. The first-order valence-corrected chi connectivity index (χ1v) is 26.8. The highest BCUT2D eigenvalue weighted by molar-refractivity contribution is 5.71. The van der Waals surface area contributed by atoms with E-state index >= 15 is 0 Å². The van der Waals surface area contributed by atoms with E-state index in [0.717, 1.165) is 128 Å². The number of ether oxygens (including phenoxy) is 3. The van der Waals surface area contributed by atoms with Gasteiger partial charge in [0.2, 0.25) is 0 Å². The first-order chi connectivity index (χ1) is 34.0. The standard InChI is InChI=1S/C63H94O6/c1-4-7-10-13-16-19-22-25-28-30-31-33-35-38-41-44-47-50-53-56-62(65)68-59-60(58-67-61(64)55-52-49-46-43-40-37-34-27-24-21-18-15-12-9-6-3)69-63(66)57-54-51-48-45-42-39-36-32-29-26-23-20-17-14-11-8-5-2/h7-12,14-21,23-29,31-34,36,39,42,60H,4-6,13,22,30,35,37-38,40-41,43-59H2,1-3H3/b10-7-,11-8-,12-9-,17-14-,18-15-,19-16-,23-20-,24-21-,28-25-,29-26-,33-31-,34-27-,36-32+,42-39-. The summed E-state index contributed by atoms with van der Waals surface area (Å²) in [6, 6.07) is 0. The van der Waals surface area contributed by atoms with E-state index in [2.05, 4.69) is 106 Å². The van der Waals surface area contributed by atoms with Gasteiger partial charge in [0, 0.05) is 19.3 Å². The second-order valence-electron chi connectivity index (χ2n) is 16.9. The van der Waals surface area contributed by atoms with Crippen molar-refractivity contribution >= 4 is 17.9 Å². The van der Waals surface area contributed by atoms with Crippen LogP contribution < -0.4 is 0 Å². The van der Waals surface area contributed by atoms with E-state index in [9.17, 15) is 14.4 Å². The predicted octanol–water partition coefficient (Wildman–Crippen LogP) is 18.0. The zero-order valence-electron chi connectivity index (χ0n) is 43.5. The lowest BCUT2D eigenvalue weighted by Crippen LogP contribution is -2.30. The van der Waals surface area contributed by atoms with Crippen LogP contribution in [0, 0.1) is 0 Å². The molecule has 0 saturated carbocycles. The summed E-state index contributed by atoms with van der Waals surface area (Å²) in [6.45, 7) is 6.14. The molecule has 0 rings (SSSR count). The minimum Gasteiger partial charge on any atom is -0.462 e. The predicted molar refractivity (Wildman–Crippen MR) is 297 cm³/mol. The Morgan fingerprint density at radius 1 is 0.304 bits per heavy atom. The molecule has 382 valence electrons. The first-order valence-electron chi connectivity index (χ1n) is 26.8. The van der Waals surface area contributed by atoms with Crippen LogP contribution in [-0.4, -0.2) is 37.2 Å². The molecule has 0 aliphatic heterocycles. The molecule has 0 aromatic carbocycles. The van der Waals surface area contributed by atoms with Gasteiger partial charge in [-0.1, -0.05) is 242 Å². The Balaban J connectivity index is 4.59. The summed E-state index contributed by atoms with van der Waals surface area (Å²) >= 11 is 0. The summed E-state index contributed by atoms with van der Waals surface area (Å²) in [5.74, 6) is -1.02. The molecular formula is C63H94O6. The summed E-state index contributed by atoms with van der Waals surface area (Å²) in [7, 11) is 0. The van der Waals surface area contributed by atoms with Crippen molar-refractivity contribution in [2.24, 2.45) is 0 Å². The van der Waals surface area contributed by atoms with Crippen LogP contribution in [0.5, 0.6) is 0 Å². The molecule has 69 heavy (non-hydrogen) atoms. The minimum atomic E-state index is -0.828. The van der Waals surface area contributed by atoms with E-state index in [1.54, 1.807) is 0 Å². The van der Waals surface area contributed by atoms with Crippen LogP contribution in [0.4, 0.5) is 0 Å². The van der Waals surface area contributed by atoms with Crippen molar-refractivity contribution < 1.29 is 28.6 Å². The van der Waals surface area contributed by atoms with Gasteiger partial charge in [-0.05, 0) is 96.3 Å². The monoisotopic (exact) mass is 947 g/mol. The molecular weight excluding hydrogens is 853 g/mol. The van der Waals surface area contributed by atoms with Gasteiger partial charge in [-0.15, -0.1) is 0 Å². The fraction of sp³-hybridized carbons (Fsp3) is 0.508. The van der Waals surface area contributed by atoms with Gasteiger partial charge in [0.1, 0.15) is 13.2 Å². The maximum Gasteiger partial charge on any atom is 0.306 e. The van der Waals surface area contributed by atoms with E-state index in [0.29, 0.717) is 19.3 Å². The zero-order valence-corrected chi connectivity index (χ0v) is 43.5. The fourth-order valence-corrected chi connectivity index (χ4v) is 6.53. The maximum absolute atomic E-state index is 12.8. The Labute approximate surface area is 422 Å². The second-order valence-corrected chi connectivity index (χ2v) is 16.9. The Morgan fingerprint density at radius 3 is 1.00 bits per heavy atom. The van der Waals surface area contributed by atoms with Gasteiger partial charge in [0.25, 0.3) is 0 Å². The Hall–Kier alpha value is -5.23. The second kappa shape index (κ2) is 55.4. The van der Waals surface area contributed by atoms with Crippen molar-refractivity contribution in [3.8, 4) is 0 Å². The third kappa shape index (κ3) is 53.6. The molecule has 0 aromatic rings. The molecule has 0 spiro atoms. The van der Waals surface area contributed by atoms with Crippen LogP contribution >= 0.6 is 0 Å². The lowest BCUT2D eigenvalue weighted by atomic mass is 10.1. The van der Waals surface area contributed by atoms with Crippen LogP contribution in [0.2, 0.25) is 0 Å². The molecule has 1 atom stereocenters. The highest BCUT2D eigenvalue weighted by Crippen LogP contribution is 2.13. The highest BCUT2D eigenvalue weighted by atomic mass is 16.6. The maximum atomic E-state index is 12.8. The van der Waals surface area contributed by atoms with Crippen molar-refractivity contribution in [3.05, 3.63) is 170 Å². The molecule has 6 heteroatoms. The number of hydrogen-bond donors (Lipinski definition) is 0. The molecule has 0 radical (unpaired) electrons. The number of unbranched alkanes of at least 4 members (excludes halogenated alkanes) is 14. The molecule has 0 heterocycles. The van der Waals surface area contributed by atoms with Gasteiger partial charge in [0.15, 0.2) is 6.10 Å². The lowest BCUT2D eigenvalue weighted by molar-refractivity contribution is -0.167. The van der Waals surface area contributed by atoms with E-state index in [4.69, 9.17) is 14.2 Å². The van der Waals surface area contributed by atoms with E-state index in [-0.39, 0.29) is 37.5 Å². The number of rotatable bonds is 45. The topological polar surface area (TPSA) is 78.9 Å². The van der Waals surface area contributed by atoms with Crippen LogP contribution in [0.15, 0.2) is 170 Å². The SMILES string of the molecule is CC\C=C/C=C\C=C/C=C\C=C\C=C/CCCCCC(=O)OC(COC(=O)CCCCCCC\C=C/C=C\C=C/C=C\CC)COC(=O)CCCCCCCC/C=C\C/C=C\C/C=C\C/C=C\CC. The van der Waals surface area contributed by atoms with Crippen LogP contribution in [-0.2, 0) is 28.6 Å². The summed E-state index contributed by atoms with van der Waals surface area (Å²) in [4.78, 5) is 38.1. The number of esters is 3. The van der Waals surface area contributed by atoms with Gasteiger partial charge in [-0.25, -0.2) is 0 Å². The normalized spacial score (nSPS) is 13.5. The zero-order chi connectivity index (χ0) is 50.0. The molecule has 0 fully saturated rings. The Morgan fingerprint density at radius 2 is 0.594 bits per heavy atom. The molecule has 1 unspecified atom stereocenters. The van der Waals surface area contributed by atoms with E-state index < -0.39 is 6.10 Å². The molecule has 0 aromatic heterocycles.